The number of rotatable bonds is 2. The second-order valence-corrected chi connectivity index (χ2v) is 6.37. The number of nitrogens with one attached hydrogen (secondary N) is 1. The second-order valence-electron chi connectivity index (χ2n) is 6.37. The summed E-state index contributed by atoms with van der Waals surface area (Å²) in [6.45, 7) is 1.71. The van der Waals surface area contributed by atoms with Crippen LogP contribution >= 0.6 is 0 Å². The van der Waals surface area contributed by atoms with Crippen molar-refractivity contribution in [1.82, 2.24) is 15.3 Å². The molecule has 4 rings (SSSR count). The minimum atomic E-state index is -0.321. The first-order chi connectivity index (χ1) is 12.5. The van der Waals surface area contributed by atoms with Crippen molar-refractivity contribution in [3.05, 3.63) is 76.9 Å². The number of carbonyl (C=O) groups is 1. The maximum atomic E-state index is 14.3. The molecule has 1 aliphatic rings. The molecule has 0 radical (unpaired) electrons. The van der Waals surface area contributed by atoms with Crippen molar-refractivity contribution in [2.75, 3.05) is 5.73 Å². The van der Waals surface area contributed by atoms with Crippen LogP contribution in [0.2, 0.25) is 0 Å². The lowest BCUT2D eigenvalue weighted by Gasteiger charge is -2.27. The van der Waals surface area contributed by atoms with Gasteiger partial charge in [0, 0.05) is 12.6 Å². The van der Waals surface area contributed by atoms with E-state index < -0.39 is 0 Å². The van der Waals surface area contributed by atoms with E-state index in [0.717, 1.165) is 16.7 Å². The molecule has 1 aromatic heterocycles. The molecule has 5 nitrogen and oxygen atoms in total. The van der Waals surface area contributed by atoms with Gasteiger partial charge in [-0.15, -0.1) is 0 Å². The number of anilines is 1. The van der Waals surface area contributed by atoms with Crippen LogP contribution in [0.1, 0.15) is 33.2 Å². The normalized spacial score (nSPS) is 16.1. The molecule has 26 heavy (non-hydrogen) atoms. The van der Waals surface area contributed by atoms with Crippen LogP contribution in [0.25, 0.3) is 11.1 Å². The van der Waals surface area contributed by atoms with Crippen LogP contribution in [0.3, 0.4) is 0 Å². The standard InChI is InChI=1S/C20H17FN4O/c1-11-7-14(13(8-16(11)21)12-5-3-2-4-6-12)17-9-18-15(19(26)24-17)10-23-20(22)25-18/h2-8,10,17H,9H2,1H3,(H,24,26)(H2,22,23,25)/t17-/m1/s1. The fourth-order valence-corrected chi connectivity index (χ4v) is 3.31. The van der Waals surface area contributed by atoms with Gasteiger partial charge in [-0.2, -0.15) is 0 Å². The Bertz CT molecular complexity index is 1000. The van der Waals surface area contributed by atoms with Crippen molar-refractivity contribution in [3.63, 3.8) is 0 Å². The molecule has 0 saturated heterocycles. The number of hydrogen-bond acceptors (Lipinski definition) is 4. The Balaban J connectivity index is 1.83. The highest BCUT2D eigenvalue weighted by molar-refractivity contribution is 5.96. The van der Waals surface area contributed by atoms with E-state index in [1.165, 1.54) is 12.3 Å². The van der Waals surface area contributed by atoms with Crippen molar-refractivity contribution < 1.29 is 9.18 Å². The van der Waals surface area contributed by atoms with Crippen LogP contribution in [-0.2, 0) is 6.42 Å². The zero-order valence-corrected chi connectivity index (χ0v) is 14.2. The highest BCUT2D eigenvalue weighted by atomic mass is 19.1. The first kappa shape index (κ1) is 16.2. The Morgan fingerprint density at radius 2 is 1.96 bits per heavy atom. The van der Waals surface area contributed by atoms with Gasteiger partial charge in [0.15, 0.2) is 0 Å². The third-order valence-electron chi connectivity index (χ3n) is 4.62. The van der Waals surface area contributed by atoms with Gasteiger partial charge in [0.05, 0.1) is 17.3 Å². The largest absolute Gasteiger partial charge is 0.368 e. The quantitative estimate of drug-likeness (QED) is 0.745. The molecule has 6 heteroatoms. The molecule has 0 aliphatic carbocycles. The van der Waals surface area contributed by atoms with Gasteiger partial charge < -0.3 is 11.1 Å². The Morgan fingerprint density at radius 3 is 2.73 bits per heavy atom. The predicted octanol–water partition coefficient (Wildman–Crippen LogP) is 3.20. The molecular weight excluding hydrogens is 331 g/mol. The van der Waals surface area contributed by atoms with Gasteiger partial charge in [-0.3, -0.25) is 4.79 Å². The molecule has 0 unspecified atom stereocenters. The molecule has 2 heterocycles. The topological polar surface area (TPSA) is 80.9 Å². The van der Waals surface area contributed by atoms with Gasteiger partial charge in [0.2, 0.25) is 5.95 Å². The lowest BCUT2D eigenvalue weighted by molar-refractivity contribution is 0.0923. The van der Waals surface area contributed by atoms with Crippen LogP contribution in [0.5, 0.6) is 0 Å². The summed E-state index contributed by atoms with van der Waals surface area (Å²) in [6.07, 6.45) is 1.91. The zero-order valence-electron chi connectivity index (χ0n) is 14.2. The van der Waals surface area contributed by atoms with Crippen molar-refractivity contribution in [2.24, 2.45) is 0 Å². The third-order valence-corrected chi connectivity index (χ3v) is 4.62. The van der Waals surface area contributed by atoms with E-state index in [1.54, 1.807) is 13.0 Å². The fourth-order valence-electron chi connectivity index (χ4n) is 3.31. The minimum absolute atomic E-state index is 0.135. The van der Waals surface area contributed by atoms with Gasteiger partial charge in [0.25, 0.3) is 5.91 Å². The van der Waals surface area contributed by atoms with Gasteiger partial charge in [0.1, 0.15) is 5.82 Å². The summed E-state index contributed by atoms with van der Waals surface area (Å²) in [7, 11) is 0. The number of hydrogen-bond donors (Lipinski definition) is 2. The molecule has 3 N–H and O–H groups in total. The Morgan fingerprint density at radius 1 is 1.19 bits per heavy atom. The van der Waals surface area contributed by atoms with Crippen molar-refractivity contribution in [3.8, 4) is 11.1 Å². The molecule has 1 atom stereocenters. The predicted molar refractivity (Wildman–Crippen MR) is 96.9 cm³/mol. The number of aromatic nitrogens is 2. The van der Waals surface area contributed by atoms with E-state index in [4.69, 9.17) is 5.73 Å². The van der Waals surface area contributed by atoms with Crippen LogP contribution in [-0.4, -0.2) is 15.9 Å². The smallest absolute Gasteiger partial charge is 0.255 e. The molecule has 0 spiro atoms. The molecular formula is C20H17FN4O. The number of halogens is 1. The lowest BCUT2D eigenvalue weighted by Crippen LogP contribution is -2.36. The van der Waals surface area contributed by atoms with E-state index in [0.29, 0.717) is 23.2 Å². The number of benzene rings is 2. The van der Waals surface area contributed by atoms with Crippen molar-refractivity contribution >= 4 is 11.9 Å². The summed E-state index contributed by atoms with van der Waals surface area (Å²) in [6, 6.07) is 12.6. The molecule has 0 bridgehead atoms. The average molecular weight is 348 g/mol. The number of carbonyl (C=O) groups excluding carboxylic acids is 1. The SMILES string of the molecule is Cc1cc([C@H]2Cc3nc(N)ncc3C(=O)N2)c(-c2ccccc2)cc1F. The highest BCUT2D eigenvalue weighted by Gasteiger charge is 2.29. The minimum Gasteiger partial charge on any atom is -0.368 e. The van der Waals surface area contributed by atoms with E-state index in [1.807, 2.05) is 30.3 Å². The number of fused-ring (bicyclic) bond motifs is 1. The summed E-state index contributed by atoms with van der Waals surface area (Å²) in [5.41, 5.74) is 9.73. The Kier molecular flexibility index (Phi) is 3.88. The maximum absolute atomic E-state index is 14.3. The summed E-state index contributed by atoms with van der Waals surface area (Å²) >= 11 is 0. The van der Waals surface area contributed by atoms with Gasteiger partial charge in [-0.05, 0) is 35.2 Å². The number of aryl methyl sites for hydroxylation is 1. The summed E-state index contributed by atoms with van der Waals surface area (Å²) in [4.78, 5) is 20.6. The maximum Gasteiger partial charge on any atom is 0.255 e. The first-order valence-electron chi connectivity index (χ1n) is 8.30. The van der Waals surface area contributed by atoms with Gasteiger partial charge in [-0.25, -0.2) is 14.4 Å². The number of nitrogens with zero attached hydrogens (tertiary/aromatic N) is 2. The fraction of sp³-hybridized carbons (Fsp3) is 0.150. The van der Waals surface area contributed by atoms with E-state index >= 15 is 0 Å². The van der Waals surface area contributed by atoms with Crippen LogP contribution in [0.4, 0.5) is 10.3 Å². The van der Waals surface area contributed by atoms with Crippen molar-refractivity contribution in [2.45, 2.75) is 19.4 Å². The first-order valence-corrected chi connectivity index (χ1v) is 8.30. The number of nitrogens with two attached hydrogens (primary N) is 1. The lowest BCUT2D eigenvalue weighted by atomic mass is 9.88. The Hall–Kier alpha value is -3.28. The second kappa shape index (κ2) is 6.22. The summed E-state index contributed by atoms with van der Waals surface area (Å²) in [5, 5.41) is 2.98. The van der Waals surface area contributed by atoms with E-state index in [2.05, 4.69) is 15.3 Å². The molecule has 0 saturated carbocycles. The Labute approximate surface area is 150 Å². The molecule has 3 aromatic rings. The van der Waals surface area contributed by atoms with Gasteiger partial charge >= 0.3 is 0 Å². The number of amides is 1. The van der Waals surface area contributed by atoms with Gasteiger partial charge in [-0.1, -0.05) is 36.4 Å². The monoisotopic (exact) mass is 348 g/mol. The molecule has 1 aliphatic heterocycles. The van der Waals surface area contributed by atoms with Crippen molar-refractivity contribution in [1.29, 1.82) is 0 Å². The average Bonchev–Trinajstić information content (AvgIpc) is 2.64. The molecule has 130 valence electrons. The van der Waals surface area contributed by atoms with Crippen LogP contribution in [0, 0.1) is 12.7 Å². The molecule has 1 amide bonds. The van der Waals surface area contributed by atoms with E-state index in [9.17, 15) is 9.18 Å². The molecule has 2 aromatic carbocycles. The third kappa shape index (κ3) is 2.79. The summed E-state index contributed by atoms with van der Waals surface area (Å²) in [5.74, 6) is -0.394. The molecule has 0 fully saturated rings. The summed E-state index contributed by atoms with van der Waals surface area (Å²) < 4.78 is 14.3. The van der Waals surface area contributed by atoms with Crippen LogP contribution < -0.4 is 11.1 Å². The van der Waals surface area contributed by atoms with Crippen LogP contribution in [0.15, 0.2) is 48.7 Å². The van der Waals surface area contributed by atoms with E-state index in [-0.39, 0.29) is 23.7 Å². The highest BCUT2D eigenvalue weighted by Crippen LogP contribution is 2.34. The zero-order chi connectivity index (χ0) is 18.3. The number of nitrogen functional groups attached to an aromatic ring is 1.